The van der Waals surface area contributed by atoms with Crippen molar-refractivity contribution in [3.05, 3.63) is 29.7 Å². The molecule has 0 saturated carbocycles. The SMILES string of the molecule is Cc1cc2ncc(CCCNS(=O)(=O)N(C)C)cn2n1. The lowest BCUT2D eigenvalue weighted by molar-refractivity contribution is 0.504. The average Bonchev–Trinajstić information content (AvgIpc) is 2.73. The second-order valence-electron chi connectivity index (χ2n) is 4.84. The first kappa shape index (κ1) is 14.9. The summed E-state index contributed by atoms with van der Waals surface area (Å²) in [6, 6.07) is 1.91. The molecule has 0 aliphatic rings. The van der Waals surface area contributed by atoms with Crippen LogP contribution in [-0.2, 0) is 16.6 Å². The molecule has 0 amide bonds. The summed E-state index contributed by atoms with van der Waals surface area (Å²) in [6.45, 7) is 2.32. The minimum absolute atomic E-state index is 0.399. The number of hydrogen-bond acceptors (Lipinski definition) is 4. The molecule has 0 radical (unpaired) electrons. The Morgan fingerprint density at radius 2 is 2.15 bits per heavy atom. The third kappa shape index (κ3) is 3.53. The molecular formula is C12H19N5O2S. The molecule has 8 heteroatoms. The molecule has 0 saturated heterocycles. The minimum atomic E-state index is -3.33. The van der Waals surface area contributed by atoms with Gasteiger partial charge in [-0.25, -0.2) is 14.2 Å². The van der Waals surface area contributed by atoms with Crippen LogP contribution in [0, 0.1) is 6.92 Å². The summed E-state index contributed by atoms with van der Waals surface area (Å²) in [5, 5.41) is 4.30. The zero-order valence-electron chi connectivity index (χ0n) is 11.9. The van der Waals surface area contributed by atoms with Gasteiger partial charge in [-0.2, -0.15) is 17.8 Å². The van der Waals surface area contributed by atoms with Crippen molar-refractivity contribution in [3.8, 4) is 0 Å². The van der Waals surface area contributed by atoms with Gasteiger partial charge in [0.25, 0.3) is 10.2 Å². The van der Waals surface area contributed by atoms with E-state index >= 15 is 0 Å². The van der Waals surface area contributed by atoms with Crippen molar-refractivity contribution in [2.45, 2.75) is 19.8 Å². The molecule has 110 valence electrons. The van der Waals surface area contributed by atoms with E-state index in [0.717, 1.165) is 27.6 Å². The highest BCUT2D eigenvalue weighted by atomic mass is 32.2. The molecule has 0 bridgehead atoms. The molecule has 0 fully saturated rings. The van der Waals surface area contributed by atoms with Crippen LogP contribution in [0.1, 0.15) is 17.7 Å². The van der Waals surface area contributed by atoms with Crippen molar-refractivity contribution >= 4 is 15.9 Å². The van der Waals surface area contributed by atoms with Crippen LogP contribution in [0.4, 0.5) is 0 Å². The number of rotatable bonds is 6. The van der Waals surface area contributed by atoms with Crippen molar-refractivity contribution in [3.63, 3.8) is 0 Å². The van der Waals surface area contributed by atoms with Crippen LogP contribution in [0.25, 0.3) is 5.65 Å². The number of aromatic nitrogens is 3. The van der Waals surface area contributed by atoms with Crippen LogP contribution in [-0.4, -0.2) is 48.0 Å². The van der Waals surface area contributed by atoms with Gasteiger partial charge in [0, 0.05) is 39.1 Å². The first-order valence-electron chi connectivity index (χ1n) is 6.36. The molecule has 0 aromatic carbocycles. The Balaban J connectivity index is 1.90. The Hall–Kier alpha value is -1.51. The number of hydrogen-bond donors (Lipinski definition) is 1. The van der Waals surface area contributed by atoms with Crippen LogP contribution in [0.3, 0.4) is 0 Å². The smallest absolute Gasteiger partial charge is 0.237 e. The van der Waals surface area contributed by atoms with E-state index in [-0.39, 0.29) is 0 Å². The highest BCUT2D eigenvalue weighted by molar-refractivity contribution is 7.87. The maximum atomic E-state index is 11.5. The quantitative estimate of drug-likeness (QED) is 0.781. The van der Waals surface area contributed by atoms with E-state index < -0.39 is 10.2 Å². The fraction of sp³-hybridized carbons (Fsp3) is 0.500. The maximum absolute atomic E-state index is 11.5. The monoisotopic (exact) mass is 297 g/mol. The third-order valence-electron chi connectivity index (χ3n) is 2.90. The molecule has 20 heavy (non-hydrogen) atoms. The van der Waals surface area contributed by atoms with Gasteiger partial charge in [-0.1, -0.05) is 0 Å². The van der Waals surface area contributed by atoms with Crippen molar-refractivity contribution in [2.75, 3.05) is 20.6 Å². The predicted molar refractivity (Wildman–Crippen MR) is 76.7 cm³/mol. The van der Waals surface area contributed by atoms with Gasteiger partial charge in [-0.15, -0.1) is 0 Å². The van der Waals surface area contributed by atoms with Gasteiger partial charge in [0.2, 0.25) is 0 Å². The Kier molecular flexibility index (Phi) is 4.36. The lowest BCUT2D eigenvalue weighted by atomic mass is 10.2. The average molecular weight is 297 g/mol. The van der Waals surface area contributed by atoms with Gasteiger partial charge in [-0.05, 0) is 25.3 Å². The Labute approximate surface area is 118 Å². The Morgan fingerprint density at radius 3 is 2.85 bits per heavy atom. The molecule has 7 nitrogen and oxygen atoms in total. The highest BCUT2D eigenvalue weighted by Gasteiger charge is 2.11. The lowest BCUT2D eigenvalue weighted by Gasteiger charge is -2.12. The first-order chi connectivity index (χ1) is 9.38. The number of nitrogens with one attached hydrogen (secondary N) is 1. The van der Waals surface area contributed by atoms with Gasteiger partial charge in [0.15, 0.2) is 5.65 Å². The fourth-order valence-electron chi connectivity index (χ4n) is 1.79. The summed E-state index contributed by atoms with van der Waals surface area (Å²) in [6.07, 6.45) is 5.19. The Bertz CT molecular complexity index is 693. The molecule has 0 atom stereocenters. The van der Waals surface area contributed by atoms with Crippen molar-refractivity contribution in [2.24, 2.45) is 0 Å². The van der Waals surface area contributed by atoms with Crippen LogP contribution in [0.15, 0.2) is 18.5 Å². The summed E-state index contributed by atoms with van der Waals surface area (Å²) in [5.41, 5.74) is 2.78. The molecular weight excluding hydrogens is 278 g/mol. The van der Waals surface area contributed by atoms with Gasteiger partial charge < -0.3 is 0 Å². The van der Waals surface area contributed by atoms with Gasteiger partial charge in [-0.3, -0.25) is 0 Å². The summed E-state index contributed by atoms with van der Waals surface area (Å²) < 4.78 is 28.4. The minimum Gasteiger partial charge on any atom is -0.237 e. The van der Waals surface area contributed by atoms with Crippen LogP contribution < -0.4 is 4.72 Å². The predicted octanol–water partition coefficient (Wildman–Crippen LogP) is 0.366. The summed E-state index contributed by atoms with van der Waals surface area (Å²) >= 11 is 0. The molecule has 2 aromatic rings. The molecule has 2 rings (SSSR count). The molecule has 0 aliphatic carbocycles. The zero-order chi connectivity index (χ0) is 14.8. The van der Waals surface area contributed by atoms with Crippen LogP contribution in [0.2, 0.25) is 0 Å². The molecule has 0 unspecified atom stereocenters. The van der Waals surface area contributed by atoms with Gasteiger partial charge in [0.05, 0.1) is 5.69 Å². The number of aryl methyl sites for hydroxylation is 2. The highest BCUT2D eigenvalue weighted by Crippen LogP contribution is 2.06. The molecule has 0 aliphatic heterocycles. The molecule has 0 spiro atoms. The van der Waals surface area contributed by atoms with Crippen molar-refractivity contribution in [1.29, 1.82) is 0 Å². The number of nitrogens with zero attached hydrogens (tertiary/aromatic N) is 4. The normalized spacial score (nSPS) is 12.4. The summed E-state index contributed by atoms with van der Waals surface area (Å²) in [5.74, 6) is 0. The van der Waals surface area contributed by atoms with E-state index in [9.17, 15) is 8.42 Å². The third-order valence-corrected chi connectivity index (χ3v) is 4.43. The van der Waals surface area contributed by atoms with E-state index in [1.807, 2.05) is 19.2 Å². The zero-order valence-corrected chi connectivity index (χ0v) is 12.7. The largest absolute Gasteiger partial charge is 0.278 e. The van der Waals surface area contributed by atoms with E-state index in [1.54, 1.807) is 10.7 Å². The first-order valence-corrected chi connectivity index (χ1v) is 7.80. The fourth-order valence-corrected chi connectivity index (χ4v) is 2.45. The molecule has 2 heterocycles. The molecule has 2 aromatic heterocycles. The van der Waals surface area contributed by atoms with Crippen LogP contribution in [0.5, 0.6) is 0 Å². The number of fused-ring (bicyclic) bond motifs is 1. The van der Waals surface area contributed by atoms with E-state index in [0.29, 0.717) is 13.0 Å². The van der Waals surface area contributed by atoms with Crippen molar-refractivity contribution in [1.82, 2.24) is 23.6 Å². The topological polar surface area (TPSA) is 79.6 Å². The van der Waals surface area contributed by atoms with Gasteiger partial charge >= 0.3 is 0 Å². The summed E-state index contributed by atoms with van der Waals surface area (Å²) in [7, 11) is -0.333. The second kappa shape index (κ2) is 5.86. The standard InChI is InChI=1S/C12H19N5O2S/c1-10-7-12-13-8-11(9-17(12)15-10)5-4-6-14-20(18,19)16(2)3/h7-9,14H,4-6H2,1-3H3. The van der Waals surface area contributed by atoms with Crippen molar-refractivity contribution < 1.29 is 8.42 Å². The second-order valence-corrected chi connectivity index (χ2v) is 6.81. The van der Waals surface area contributed by atoms with E-state index in [2.05, 4.69) is 14.8 Å². The van der Waals surface area contributed by atoms with E-state index in [4.69, 9.17) is 0 Å². The Morgan fingerprint density at radius 1 is 1.40 bits per heavy atom. The summed E-state index contributed by atoms with van der Waals surface area (Å²) in [4.78, 5) is 4.31. The van der Waals surface area contributed by atoms with E-state index in [1.165, 1.54) is 14.1 Å². The maximum Gasteiger partial charge on any atom is 0.278 e. The van der Waals surface area contributed by atoms with Crippen LogP contribution >= 0.6 is 0 Å². The lowest BCUT2D eigenvalue weighted by Crippen LogP contribution is -2.36. The van der Waals surface area contributed by atoms with Gasteiger partial charge in [0.1, 0.15) is 0 Å². The molecule has 1 N–H and O–H groups in total.